The Morgan fingerprint density at radius 2 is 1.82 bits per heavy atom. The zero-order chi connectivity index (χ0) is 25.1. The van der Waals surface area contributed by atoms with Gasteiger partial charge in [0.1, 0.15) is 23.4 Å². The molecule has 0 saturated heterocycles. The van der Waals surface area contributed by atoms with E-state index >= 15 is 4.39 Å². The van der Waals surface area contributed by atoms with Gasteiger partial charge in [-0.1, -0.05) is 12.8 Å². The maximum atomic E-state index is 15.2. The van der Waals surface area contributed by atoms with Crippen molar-refractivity contribution >= 4 is 29.4 Å². The Labute approximate surface area is 196 Å². The molecule has 0 aliphatic heterocycles. The molecule has 1 aromatic heterocycles. The number of aromatic nitrogens is 2. The maximum Gasteiger partial charge on any atom is 0.315 e. The van der Waals surface area contributed by atoms with Crippen LogP contribution in [0.1, 0.15) is 58.8 Å². The van der Waals surface area contributed by atoms with E-state index in [2.05, 4.69) is 26.4 Å². The number of ketones is 1. The highest BCUT2D eigenvalue weighted by Crippen LogP contribution is 2.39. The first-order valence-corrected chi connectivity index (χ1v) is 11.5. The monoisotopic (exact) mass is 482 g/mol. The fourth-order valence-electron chi connectivity index (χ4n) is 4.49. The number of alkyl halides is 2. The molecule has 1 atom stereocenters. The Kier molecular flexibility index (Phi) is 7.57. The van der Waals surface area contributed by atoms with Crippen LogP contribution in [0.25, 0.3) is 0 Å². The van der Waals surface area contributed by atoms with E-state index in [4.69, 9.17) is 0 Å². The molecule has 12 heteroatoms. The molecule has 188 valence electrons. The van der Waals surface area contributed by atoms with Gasteiger partial charge in [-0.25, -0.2) is 13.6 Å². The number of carbonyl (C=O) groups is 4. The minimum atomic E-state index is -1.77. The number of hydrogen-bond donors (Lipinski definition) is 4. The highest BCUT2D eigenvalue weighted by atomic mass is 19.1. The summed E-state index contributed by atoms with van der Waals surface area (Å²) in [5.74, 6) is -2.79. The molecule has 1 unspecified atom stereocenters. The van der Waals surface area contributed by atoms with Crippen molar-refractivity contribution in [2.45, 2.75) is 88.3 Å². The second-order valence-corrected chi connectivity index (χ2v) is 9.62. The van der Waals surface area contributed by atoms with Gasteiger partial charge in [0.25, 0.3) is 5.91 Å². The summed E-state index contributed by atoms with van der Waals surface area (Å²) in [6.07, 6.45) is 0.967. The third-order valence-electron chi connectivity index (χ3n) is 6.21. The highest BCUT2D eigenvalue weighted by molar-refractivity contribution is 6.44. The molecule has 1 aromatic rings. The van der Waals surface area contributed by atoms with Crippen LogP contribution in [0, 0.1) is 0 Å². The van der Waals surface area contributed by atoms with E-state index in [1.54, 1.807) is 27.1 Å². The predicted octanol–water partition coefficient (Wildman–Crippen LogP) is 1.66. The molecule has 2 saturated carbocycles. The molecular weight excluding hydrogens is 450 g/mol. The third-order valence-corrected chi connectivity index (χ3v) is 6.21. The van der Waals surface area contributed by atoms with Crippen LogP contribution in [0.15, 0.2) is 12.3 Å². The predicted molar refractivity (Wildman–Crippen MR) is 119 cm³/mol. The number of carbonyl (C=O) groups excluding carboxylic acids is 4. The second kappa shape index (κ2) is 10.1. The number of rotatable bonds is 9. The Balaban J connectivity index is 1.74. The number of aryl methyl sites for hydroxylation is 1. The van der Waals surface area contributed by atoms with Crippen LogP contribution in [0.2, 0.25) is 0 Å². The first-order chi connectivity index (χ1) is 15.9. The molecule has 4 amide bonds. The van der Waals surface area contributed by atoms with Crippen LogP contribution in [-0.4, -0.2) is 62.9 Å². The largest absolute Gasteiger partial charge is 0.341 e. The molecule has 4 N–H and O–H groups in total. The van der Waals surface area contributed by atoms with Crippen LogP contribution in [0.5, 0.6) is 0 Å². The van der Waals surface area contributed by atoms with Gasteiger partial charge in [0.2, 0.25) is 11.7 Å². The van der Waals surface area contributed by atoms with E-state index in [1.807, 2.05) is 0 Å². The summed E-state index contributed by atoms with van der Waals surface area (Å²) in [6.45, 7) is 3.46. The fraction of sp³-hybridized carbons (Fsp3) is 0.682. The van der Waals surface area contributed by atoms with Gasteiger partial charge in [-0.15, -0.1) is 0 Å². The topological polar surface area (TPSA) is 134 Å². The van der Waals surface area contributed by atoms with Crippen molar-refractivity contribution in [1.82, 2.24) is 25.7 Å². The van der Waals surface area contributed by atoms with E-state index in [-0.39, 0.29) is 44.0 Å². The van der Waals surface area contributed by atoms with Crippen molar-refractivity contribution in [3.63, 3.8) is 0 Å². The van der Waals surface area contributed by atoms with Gasteiger partial charge >= 0.3 is 6.03 Å². The summed E-state index contributed by atoms with van der Waals surface area (Å²) >= 11 is 0. The van der Waals surface area contributed by atoms with Crippen LogP contribution in [0.3, 0.4) is 0 Å². The summed E-state index contributed by atoms with van der Waals surface area (Å²) in [5.41, 5.74) is -3.41. The standard InChI is InChI=1S/C22H32F2N6O4/c1-13(2)25-20(34)26-15(12-21(24)7-4-5-8-21)18(32)28-22(10-14(23)11-22)17(31)19(33)27-16-6-9-30(3)29-16/h6,9,13-15H,4-5,7-8,10-12H2,1-3H3,(H,28,32)(H2,25,26,34)(H,27,29,33). The molecule has 0 aromatic carbocycles. The zero-order valence-electron chi connectivity index (χ0n) is 19.6. The highest BCUT2D eigenvalue weighted by Gasteiger charge is 2.55. The number of halogens is 2. The number of anilines is 1. The number of urea groups is 1. The lowest BCUT2D eigenvalue weighted by Gasteiger charge is -2.43. The Hall–Kier alpha value is -3.05. The average molecular weight is 483 g/mol. The van der Waals surface area contributed by atoms with Crippen molar-refractivity contribution in [2.24, 2.45) is 7.05 Å². The van der Waals surface area contributed by atoms with E-state index < -0.39 is 47.0 Å². The molecule has 2 aliphatic carbocycles. The lowest BCUT2D eigenvalue weighted by molar-refractivity contribution is -0.146. The summed E-state index contributed by atoms with van der Waals surface area (Å²) in [6, 6.07) is -0.715. The fourth-order valence-corrected chi connectivity index (χ4v) is 4.49. The SMILES string of the molecule is CC(C)NC(=O)NC(CC1(F)CCCC1)C(=O)NC1(C(=O)C(=O)Nc2ccn(C)n2)CC(F)C1. The molecule has 34 heavy (non-hydrogen) atoms. The number of amides is 4. The molecule has 10 nitrogen and oxygen atoms in total. The molecule has 0 bridgehead atoms. The van der Waals surface area contributed by atoms with E-state index in [9.17, 15) is 23.6 Å². The lowest BCUT2D eigenvalue weighted by atomic mass is 9.71. The number of hydrogen-bond acceptors (Lipinski definition) is 5. The van der Waals surface area contributed by atoms with E-state index in [0.717, 1.165) is 0 Å². The average Bonchev–Trinajstić information content (AvgIpc) is 3.32. The van der Waals surface area contributed by atoms with E-state index in [1.165, 1.54) is 10.7 Å². The van der Waals surface area contributed by atoms with Gasteiger partial charge in [0.05, 0.1) is 0 Å². The summed E-state index contributed by atoms with van der Waals surface area (Å²) in [5, 5.41) is 13.8. The van der Waals surface area contributed by atoms with Crippen LogP contribution in [0.4, 0.5) is 19.4 Å². The molecular formula is C22H32F2N6O4. The van der Waals surface area contributed by atoms with Crippen molar-refractivity contribution in [3.05, 3.63) is 12.3 Å². The number of Topliss-reactive ketones (excluding diaryl/α,β-unsaturated/α-hetero) is 1. The first kappa shape index (κ1) is 25.6. The molecule has 0 radical (unpaired) electrons. The Morgan fingerprint density at radius 3 is 2.35 bits per heavy atom. The minimum absolute atomic E-state index is 0.129. The quantitative estimate of drug-likeness (QED) is 0.397. The van der Waals surface area contributed by atoms with Crippen molar-refractivity contribution < 1.29 is 28.0 Å². The normalized spacial score (nSPS) is 24.1. The van der Waals surface area contributed by atoms with Crippen LogP contribution >= 0.6 is 0 Å². The summed E-state index contributed by atoms with van der Waals surface area (Å²) in [4.78, 5) is 50.9. The lowest BCUT2D eigenvalue weighted by Crippen LogP contribution is -2.68. The van der Waals surface area contributed by atoms with Gasteiger partial charge in [-0.05, 0) is 26.7 Å². The van der Waals surface area contributed by atoms with E-state index in [0.29, 0.717) is 12.8 Å². The minimum Gasteiger partial charge on any atom is -0.341 e. The second-order valence-electron chi connectivity index (χ2n) is 9.62. The van der Waals surface area contributed by atoms with Crippen LogP contribution in [-0.2, 0) is 21.4 Å². The van der Waals surface area contributed by atoms with Gasteiger partial charge in [0.15, 0.2) is 5.82 Å². The molecule has 1 heterocycles. The molecule has 2 fully saturated rings. The van der Waals surface area contributed by atoms with Gasteiger partial charge in [0, 0.05) is 44.6 Å². The number of nitrogens with zero attached hydrogens (tertiary/aromatic N) is 2. The maximum absolute atomic E-state index is 15.2. The zero-order valence-corrected chi connectivity index (χ0v) is 19.6. The van der Waals surface area contributed by atoms with Crippen LogP contribution < -0.4 is 21.3 Å². The van der Waals surface area contributed by atoms with Gasteiger partial charge in [-0.2, -0.15) is 5.10 Å². The van der Waals surface area contributed by atoms with Crippen molar-refractivity contribution in [3.8, 4) is 0 Å². The molecule has 0 spiro atoms. The Morgan fingerprint density at radius 1 is 1.18 bits per heavy atom. The Bertz CT molecular complexity index is 938. The van der Waals surface area contributed by atoms with Gasteiger partial charge < -0.3 is 21.3 Å². The first-order valence-electron chi connectivity index (χ1n) is 11.5. The molecule has 2 aliphatic rings. The van der Waals surface area contributed by atoms with Crippen molar-refractivity contribution in [1.29, 1.82) is 0 Å². The van der Waals surface area contributed by atoms with Gasteiger partial charge in [-0.3, -0.25) is 19.1 Å². The summed E-state index contributed by atoms with van der Waals surface area (Å²) in [7, 11) is 1.63. The smallest absolute Gasteiger partial charge is 0.315 e. The number of nitrogens with one attached hydrogen (secondary N) is 4. The van der Waals surface area contributed by atoms with Crippen molar-refractivity contribution in [2.75, 3.05) is 5.32 Å². The molecule has 3 rings (SSSR count). The third kappa shape index (κ3) is 6.09. The summed E-state index contributed by atoms with van der Waals surface area (Å²) < 4.78 is 30.5.